The Hall–Kier alpha value is -2.38. The number of aromatic nitrogens is 3. The second-order valence-electron chi connectivity index (χ2n) is 7.88. The van der Waals surface area contributed by atoms with Crippen molar-refractivity contribution in [2.45, 2.75) is 57.8 Å². The van der Waals surface area contributed by atoms with Crippen molar-refractivity contribution >= 4 is 5.82 Å². The van der Waals surface area contributed by atoms with Crippen molar-refractivity contribution in [2.24, 2.45) is 0 Å². The second-order valence-corrected chi connectivity index (χ2v) is 7.88. The van der Waals surface area contributed by atoms with Gasteiger partial charge in [0, 0.05) is 24.2 Å². The zero-order chi connectivity index (χ0) is 19.8. The minimum atomic E-state index is -4.40. The Morgan fingerprint density at radius 2 is 1.89 bits per heavy atom. The lowest BCUT2D eigenvalue weighted by molar-refractivity contribution is -0.137. The van der Waals surface area contributed by atoms with Crippen molar-refractivity contribution in [1.29, 1.82) is 0 Å². The van der Waals surface area contributed by atoms with Crippen LogP contribution in [0.15, 0.2) is 35.3 Å². The van der Waals surface area contributed by atoms with Crippen molar-refractivity contribution in [3.63, 3.8) is 0 Å². The minimum absolute atomic E-state index is 0.0327. The summed E-state index contributed by atoms with van der Waals surface area (Å²) >= 11 is 0. The van der Waals surface area contributed by atoms with Crippen LogP contribution in [0, 0.1) is 0 Å². The maximum absolute atomic E-state index is 12.7. The number of halogens is 3. The highest BCUT2D eigenvalue weighted by Gasteiger charge is 2.32. The van der Waals surface area contributed by atoms with E-state index in [0.29, 0.717) is 18.9 Å². The number of nitrogens with zero attached hydrogens (tertiary/aromatic N) is 4. The van der Waals surface area contributed by atoms with Gasteiger partial charge in [-0.05, 0) is 31.0 Å². The van der Waals surface area contributed by atoms with Crippen LogP contribution >= 0.6 is 0 Å². The van der Waals surface area contributed by atoms with Crippen LogP contribution in [0.4, 0.5) is 19.0 Å². The molecule has 1 aliphatic heterocycles. The van der Waals surface area contributed by atoms with Crippen LogP contribution in [0.1, 0.15) is 44.9 Å². The molecule has 0 amide bonds. The Morgan fingerprint density at radius 3 is 2.48 bits per heavy atom. The largest absolute Gasteiger partial charge is 0.417 e. The molecule has 27 heavy (non-hydrogen) atoms. The Labute approximate surface area is 155 Å². The molecule has 0 spiro atoms. The first-order chi connectivity index (χ1) is 12.6. The van der Waals surface area contributed by atoms with Gasteiger partial charge >= 0.3 is 6.18 Å². The Balaban J connectivity index is 1.82. The number of rotatable bonds is 3. The molecule has 0 N–H and O–H groups in total. The maximum atomic E-state index is 12.7. The quantitative estimate of drug-likeness (QED) is 0.816. The molecule has 3 heterocycles. The van der Waals surface area contributed by atoms with Crippen LogP contribution in [-0.4, -0.2) is 27.4 Å². The monoisotopic (exact) mass is 380 g/mol. The van der Waals surface area contributed by atoms with Crippen molar-refractivity contribution in [3.8, 4) is 0 Å². The van der Waals surface area contributed by atoms with E-state index in [1.165, 1.54) is 16.8 Å². The van der Waals surface area contributed by atoms with Gasteiger partial charge in [-0.3, -0.25) is 4.79 Å². The topological polar surface area (TPSA) is 51.0 Å². The summed E-state index contributed by atoms with van der Waals surface area (Å²) in [6.07, 6.45) is -1.83. The van der Waals surface area contributed by atoms with E-state index in [1.54, 1.807) is 6.07 Å². The van der Waals surface area contributed by atoms with Crippen molar-refractivity contribution in [3.05, 3.63) is 52.1 Å². The number of anilines is 1. The predicted molar refractivity (Wildman–Crippen MR) is 96.8 cm³/mol. The van der Waals surface area contributed by atoms with Crippen LogP contribution in [0.5, 0.6) is 0 Å². The fourth-order valence-electron chi connectivity index (χ4n) is 3.23. The molecule has 1 unspecified atom stereocenters. The van der Waals surface area contributed by atoms with Crippen LogP contribution in [0.25, 0.3) is 0 Å². The van der Waals surface area contributed by atoms with Crippen LogP contribution in [0.3, 0.4) is 0 Å². The molecule has 0 saturated carbocycles. The minimum Gasteiger partial charge on any atom is -0.352 e. The molecule has 1 atom stereocenters. The molecule has 146 valence electrons. The van der Waals surface area contributed by atoms with Gasteiger partial charge in [-0.15, -0.1) is 0 Å². The molecule has 1 aliphatic rings. The van der Waals surface area contributed by atoms with E-state index < -0.39 is 11.7 Å². The molecule has 0 aliphatic carbocycles. The van der Waals surface area contributed by atoms with Gasteiger partial charge in [-0.2, -0.15) is 18.3 Å². The lowest BCUT2D eigenvalue weighted by Crippen LogP contribution is -2.38. The van der Waals surface area contributed by atoms with E-state index in [1.807, 2.05) is 25.7 Å². The first-order valence-electron chi connectivity index (χ1n) is 8.94. The lowest BCUT2D eigenvalue weighted by Gasteiger charge is -2.27. The molecule has 0 aromatic carbocycles. The smallest absolute Gasteiger partial charge is 0.352 e. The SMILES string of the molecule is CC(C)(C)c1ccc(=O)n(CC2CCCN2c2ccc(C(F)(F)F)cn2)n1. The normalized spacial score (nSPS) is 18.1. The second kappa shape index (κ2) is 6.98. The molecule has 5 nitrogen and oxygen atoms in total. The molecule has 0 radical (unpaired) electrons. The third kappa shape index (κ3) is 4.31. The van der Waals surface area contributed by atoms with Gasteiger partial charge in [-0.1, -0.05) is 20.8 Å². The van der Waals surface area contributed by atoms with Crippen molar-refractivity contribution in [1.82, 2.24) is 14.8 Å². The number of hydrogen-bond donors (Lipinski definition) is 0. The van der Waals surface area contributed by atoms with E-state index >= 15 is 0 Å². The Kier molecular flexibility index (Phi) is 5.01. The van der Waals surface area contributed by atoms with Crippen molar-refractivity contribution in [2.75, 3.05) is 11.4 Å². The summed E-state index contributed by atoms with van der Waals surface area (Å²) in [5.74, 6) is 0.491. The van der Waals surface area contributed by atoms with Gasteiger partial charge in [0.2, 0.25) is 0 Å². The molecular formula is C19H23F3N4O. The summed E-state index contributed by atoms with van der Waals surface area (Å²) in [6, 6.07) is 5.66. The highest BCUT2D eigenvalue weighted by atomic mass is 19.4. The van der Waals surface area contributed by atoms with Crippen molar-refractivity contribution < 1.29 is 13.2 Å². The zero-order valence-corrected chi connectivity index (χ0v) is 15.6. The third-order valence-corrected chi connectivity index (χ3v) is 4.77. The van der Waals surface area contributed by atoms with E-state index in [-0.39, 0.29) is 17.0 Å². The first-order valence-corrected chi connectivity index (χ1v) is 8.94. The van der Waals surface area contributed by atoms with Crippen LogP contribution < -0.4 is 10.5 Å². The number of hydrogen-bond acceptors (Lipinski definition) is 4. The fraction of sp³-hybridized carbons (Fsp3) is 0.526. The Morgan fingerprint density at radius 1 is 1.15 bits per heavy atom. The lowest BCUT2D eigenvalue weighted by atomic mass is 9.92. The van der Waals surface area contributed by atoms with Gasteiger partial charge in [0.15, 0.2) is 0 Å². The predicted octanol–water partition coefficient (Wildman–Crippen LogP) is 3.62. The van der Waals surface area contributed by atoms with E-state index in [9.17, 15) is 18.0 Å². The highest BCUT2D eigenvalue weighted by molar-refractivity contribution is 5.42. The standard InChI is InChI=1S/C19H23F3N4O/c1-18(2,3)15-7-9-17(27)26(24-15)12-14-5-4-10-25(14)16-8-6-13(11-23-16)19(20,21)22/h6-9,11,14H,4-5,10,12H2,1-3H3. The van der Waals surface area contributed by atoms with Gasteiger partial charge in [-0.25, -0.2) is 9.67 Å². The van der Waals surface area contributed by atoms with Crippen LogP contribution in [0.2, 0.25) is 0 Å². The Bertz CT molecular complexity index is 853. The van der Waals surface area contributed by atoms with E-state index in [0.717, 1.165) is 30.8 Å². The molecule has 1 fully saturated rings. The fourth-order valence-corrected chi connectivity index (χ4v) is 3.23. The molecule has 3 rings (SSSR count). The van der Waals surface area contributed by atoms with E-state index in [4.69, 9.17) is 0 Å². The van der Waals surface area contributed by atoms with Gasteiger partial charge in [0.05, 0.1) is 23.8 Å². The molecule has 2 aromatic rings. The maximum Gasteiger partial charge on any atom is 0.417 e. The average molecular weight is 380 g/mol. The number of pyridine rings is 1. The molecule has 8 heteroatoms. The molecule has 2 aromatic heterocycles. The summed E-state index contributed by atoms with van der Waals surface area (Å²) in [5.41, 5.74) is -0.313. The molecular weight excluding hydrogens is 357 g/mol. The summed E-state index contributed by atoms with van der Waals surface area (Å²) in [4.78, 5) is 18.2. The van der Waals surface area contributed by atoms with Gasteiger partial charge in [0.25, 0.3) is 5.56 Å². The highest BCUT2D eigenvalue weighted by Crippen LogP contribution is 2.31. The summed E-state index contributed by atoms with van der Waals surface area (Å²) < 4.78 is 39.7. The first kappa shape index (κ1) is 19.4. The summed E-state index contributed by atoms with van der Waals surface area (Å²) in [6.45, 7) is 7.15. The zero-order valence-electron chi connectivity index (χ0n) is 15.6. The summed E-state index contributed by atoms with van der Waals surface area (Å²) in [7, 11) is 0. The number of alkyl halides is 3. The van der Waals surface area contributed by atoms with Gasteiger partial charge < -0.3 is 4.90 Å². The van der Waals surface area contributed by atoms with Crippen LogP contribution in [-0.2, 0) is 18.1 Å². The molecule has 0 bridgehead atoms. The summed E-state index contributed by atoms with van der Waals surface area (Å²) in [5, 5.41) is 4.49. The average Bonchev–Trinajstić information content (AvgIpc) is 3.03. The van der Waals surface area contributed by atoms with E-state index in [2.05, 4.69) is 10.1 Å². The molecule has 1 saturated heterocycles. The third-order valence-electron chi connectivity index (χ3n) is 4.77. The van der Waals surface area contributed by atoms with Gasteiger partial charge in [0.1, 0.15) is 5.82 Å².